The number of sulfonamides is 1. The Bertz CT molecular complexity index is 468. The molecule has 0 aromatic carbocycles. The van der Waals surface area contributed by atoms with Crippen LogP contribution in [-0.2, 0) is 10.0 Å². The van der Waals surface area contributed by atoms with Gasteiger partial charge in [0, 0.05) is 18.5 Å². The molecule has 0 fully saturated rings. The molecule has 0 bridgehead atoms. The van der Waals surface area contributed by atoms with E-state index in [-0.39, 0.29) is 24.7 Å². The molecule has 0 atom stereocenters. The van der Waals surface area contributed by atoms with Crippen LogP contribution in [0.3, 0.4) is 0 Å². The molecular formula is C7H12N4O3S2. The third-order valence-electron chi connectivity index (χ3n) is 1.53. The van der Waals surface area contributed by atoms with Gasteiger partial charge in [-0.05, 0) is 0 Å². The van der Waals surface area contributed by atoms with Crippen LogP contribution in [0.4, 0.5) is 5.13 Å². The Morgan fingerprint density at radius 1 is 1.56 bits per heavy atom. The van der Waals surface area contributed by atoms with Crippen LogP contribution < -0.4 is 15.8 Å². The van der Waals surface area contributed by atoms with Gasteiger partial charge in [0.25, 0.3) is 5.91 Å². The van der Waals surface area contributed by atoms with Crippen LogP contribution >= 0.6 is 11.3 Å². The fourth-order valence-electron chi connectivity index (χ4n) is 0.895. The molecule has 9 heteroatoms. The summed E-state index contributed by atoms with van der Waals surface area (Å²) in [5, 5.41) is 4.36. The molecule has 90 valence electrons. The van der Waals surface area contributed by atoms with E-state index in [0.717, 1.165) is 6.26 Å². The van der Waals surface area contributed by atoms with Crippen molar-refractivity contribution in [2.75, 3.05) is 25.1 Å². The van der Waals surface area contributed by atoms with Crippen LogP contribution in [0.1, 0.15) is 10.5 Å². The second-order valence-corrected chi connectivity index (χ2v) is 5.72. The smallest absolute Gasteiger partial charge is 0.270 e. The van der Waals surface area contributed by atoms with Crippen LogP contribution in [0.25, 0.3) is 0 Å². The molecule has 0 spiro atoms. The summed E-state index contributed by atoms with van der Waals surface area (Å²) in [5.74, 6) is -0.372. The maximum Gasteiger partial charge on any atom is 0.270 e. The molecule has 1 heterocycles. The van der Waals surface area contributed by atoms with E-state index >= 15 is 0 Å². The Labute approximate surface area is 97.1 Å². The molecule has 1 amide bonds. The number of hydrogen-bond donors (Lipinski definition) is 3. The van der Waals surface area contributed by atoms with Crippen LogP contribution in [0.15, 0.2) is 5.38 Å². The molecule has 0 aliphatic heterocycles. The Morgan fingerprint density at radius 2 is 2.25 bits per heavy atom. The van der Waals surface area contributed by atoms with Gasteiger partial charge in [-0.3, -0.25) is 4.79 Å². The first-order valence-electron chi connectivity index (χ1n) is 4.32. The molecule has 0 aliphatic carbocycles. The van der Waals surface area contributed by atoms with Gasteiger partial charge in [0.15, 0.2) is 5.13 Å². The number of carbonyl (C=O) groups is 1. The van der Waals surface area contributed by atoms with Crippen LogP contribution in [-0.4, -0.2) is 38.7 Å². The lowest BCUT2D eigenvalue weighted by Crippen LogP contribution is -2.34. The number of nitrogen functional groups attached to an aromatic ring is 1. The fourth-order valence-corrected chi connectivity index (χ4v) is 1.91. The number of nitrogens with two attached hydrogens (primary N) is 1. The number of carbonyl (C=O) groups excluding carboxylic acids is 1. The number of aromatic nitrogens is 1. The van der Waals surface area contributed by atoms with Gasteiger partial charge in [0.2, 0.25) is 10.0 Å². The summed E-state index contributed by atoms with van der Waals surface area (Å²) in [6, 6.07) is 0. The first-order chi connectivity index (χ1) is 7.38. The normalized spacial score (nSPS) is 11.3. The van der Waals surface area contributed by atoms with Gasteiger partial charge >= 0.3 is 0 Å². The van der Waals surface area contributed by atoms with E-state index in [1.807, 2.05) is 0 Å². The highest BCUT2D eigenvalue weighted by Gasteiger charge is 2.08. The summed E-state index contributed by atoms with van der Waals surface area (Å²) in [6.07, 6.45) is 1.05. The van der Waals surface area contributed by atoms with E-state index in [1.54, 1.807) is 0 Å². The molecule has 4 N–H and O–H groups in total. The van der Waals surface area contributed by atoms with Gasteiger partial charge in [0.05, 0.1) is 6.26 Å². The molecule has 0 aliphatic rings. The number of anilines is 1. The Balaban J connectivity index is 2.31. The van der Waals surface area contributed by atoms with E-state index in [2.05, 4.69) is 15.0 Å². The van der Waals surface area contributed by atoms with Crippen LogP contribution in [0.5, 0.6) is 0 Å². The maximum absolute atomic E-state index is 11.4. The lowest BCUT2D eigenvalue weighted by atomic mass is 10.4. The fraction of sp³-hybridized carbons (Fsp3) is 0.429. The van der Waals surface area contributed by atoms with Gasteiger partial charge in [-0.2, -0.15) is 0 Å². The highest BCUT2D eigenvalue weighted by atomic mass is 32.2. The molecule has 1 aromatic heterocycles. The largest absolute Gasteiger partial charge is 0.375 e. The van der Waals surface area contributed by atoms with Crippen molar-refractivity contribution < 1.29 is 13.2 Å². The average Bonchev–Trinajstić information content (AvgIpc) is 2.57. The summed E-state index contributed by atoms with van der Waals surface area (Å²) >= 11 is 1.17. The molecule has 0 unspecified atom stereocenters. The van der Waals surface area contributed by atoms with Crippen molar-refractivity contribution in [1.29, 1.82) is 0 Å². The molecule has 0 saturated heterocycles. The quantitative estimate of drug-likeness (QED) is 0.590. The van der Waals surface area contributed by atoms with Gasteiger partial charge in [-0.25, -0.2) is 18.1 Å². The summed E-state index contributed by atoms with van der Waals surface area (Å²) in [7, 11) is -3.22. The zero-order valence-electron chi connectivity index (χ0n) is 8.56. The van der Waals surface area contributed by atoms with E-state index in [4.69, 9.17) is 5.73 Å². The van der Waals surface area contributed by atoms with Crippen molar-refractivity contribution in [3.8, 4) is 0 Å². The second-order valence-electron chi connectivity index (χ2n) is 2.99. The van der Waals surface area contributed by atoms with E-state index in [0.29, 0.717) is 5.13 Å². The summed E-state index contributed by atoms with van der Waals surface area (Å²) in [5.41, 5.74) is 5.60. The topological polar surface area (TPSA) is 114 Å². The molecule has 7 nitrogen and oxygen atoms in total. The number of amides is 1. The summed E-state index contributed by atoms with van der Waals surface area (Å²) in [4.78, 5) is 15.2. The number of thiazole rings is 1. The first kappa shape index (κ1) is 12.9. The lowest BCUT2D eigenvalue weighted by molar-refractivity contribution is 0.0950. The van der Waals surface area contributed by atoms with Gasteiger partial charge < -0.3 is 11.1 Å². The predicted molar refractivity (Wildman–Crippen MR) is 61.7 cm³/mol. The molecular weight excluding hydrogens is 252 g/mol. The minimum atomic E-state index is -3.22. The monoisotopic (exact) mass is 264 g/mol. The zero-order chi connectivity index (χ0) is 12.2. The summed E-state index contributed by atoms with van der Waals surface area (Å²) < 4.78 is 23.6. The number of hydrogen-bond acceptors (Lipinski definition) is 6. The highest BCUT2D eigenvalue weighted by molar-refractivity contribution is 7.88. The molecule has 16 heavy (non-hydrogen) atoms. The second kappa shape index (κ2) is 5.23. The number of nitrogens with zero attached hydrogens (tertiary/aromatic N) is 1. The van der Waals surface area contributed by atoms with Gasteiger partial charge in [-0.1, -0.05) is 0 Å². The Kier molecular flexibility index (Phi) is 4.21. The van der Waals surface area contributed by atoms with Crippen molar-refractivity contribution in [3.05, 3.63) is 11.1 Å². The molecule has 0 saturated carbocycles. The molecule has 0 radical (unpaired) electrons. The standard InChI is InChI=1S/C7H12N4O3S2/c1-16(13,14)10-3-2-9-6(12)5-4-15-7(8)11-5/h4,10H,2-3H2,1H3,(H2,8,11)(H,9,12). The van der Waals surface area contributed by atoms with Crippen molar-refractivity contribution in [3.63, 3.8) is 0 Å². The van der Waals surface area contributed by atoms with Crippen molar-refractivity contribution in [2.24, 2.45) is 0 Å². The average molecular weight is 264 g/mol. The first-order valence-corrected chi connectivity index (χ1v) is 7.09. The van der Waals surface area contributed by atoms with E-state index in [1.165, 1.54) is 16.7 Å². The Hall–Kier alpha value is -1.19. The maximum atomic E-state index is 11.4. The zero-order valence-corrected chi connectivity index (χ0v) is 10.2. The van der Waals surface area contributed by atoms with Gasteiger partial charge in [-0.15, -0.1) is 11.3 Å². The lowest BCUT2D eigenvalue weighted by Gasteiger charge is -2.03. The highest BCUT2D eigenvalue weighted by Crippen LogP contribution is 2.10. The minimum absolute atomic E-state index is 0.143. The number of nitrogens with one attached hydrogen (secondary N) is 2. The van der Waals surface area contributed by atoms with Crippen molar-refractivity contribution in [2.45, 2.75) is 0 Å². The van der Waals surface area contributed by atoms with Crippen molar-refractivity contribution in [1.82, 2.24) is 15.0 Å². The Morgan fingerprint density at radius 3 is 2.75 bits per heavy atom. The predicted octanol–water partition coefficient (Wildman–Crippen LogP) is -0.996. The van der Waals surface area contributed by atoms with Crippen molar-refractivity contribution >= 4 is 32.4 Å². The number of rotatable bonds is 5. The van der Waals surface area contributed by atoms with Gasteiger partial charge in [0.1, 0.15) is 5.69 Å². The van der Waals surface area contributed by atoms with E-state index in [9.17, 15) is 13.2 Å². The summed E-state index contributed by atoms with van der Waals surface area (Å²) in [6.45, 7) is 0.341. The molecule has 1 rings (SSSR count). The van der Waals surface area contributed by atoms with Crippen LogP contribution in [0, 0.1) is 0 Å². The third-order valence-corrected chi connectivity index (χ3v) is 2.93. The minimum Gasteiger partial charge on any atom is -0.375 e. The molecule has 1 aromatic rings. The third kappa shape index (κ3) is 4.55. The van der Waals surface area contributed by atoms with E-state index < -0.39 is 10.0 Å². The SMILES string of the molecule is CS(=O)(=O)NCCNC(=O)c1csc(N)n1. The van der Waals surface area contributed by atoms with Crippen LogP contribution in [0.2, 0.25) is 0 Å².